The topological polar surface area (TPSA) is 67.6 Å². The van der Waals surface area contributed by atoms with E-state index >= 15 is 0 Å². The third-order valence-corrected chi connectivity index (χ3v) is 2.69. The maximum atomic E-state index is 11.6. The van der Waals surface area contributed by atoms with Crippen LogP contribution in [0.25, 0.3) is 0 Å². The van der Waals surface area contributed by atoms with Gasteiger partial charge in [0.25, 0.3) is 5.91 Å². The molecule has 0 aliphatic rings. The van der Waals surface area contributed by atoms with Crippen molar-refractivity contribution in [2.75, 3.05) is 20.3 Å². The molecule has 0 saturated carbocycles. The van der Waals surface area contributed by atoms with Crippen LogP contribution in [0.5, 0.6) is 0 Å². The molecular formula is C10H23N3O2. The van der Waals surface area contributed by atoms with E-state index in [1.807, 2.05) is 6.92 Å². The predicted octanol–water partition coefficient (Wildman–Crippen LogP) is 0.112. The van der Waals surface area contributed by atoms with Crippen LogP contribution in [0.4, 0.5) is 0 Å². The van der Waals surface area contributed by atoms with Crippen LogP contribution in [0.2, 0.25) is 0 Å². The Morgan fingerprint density at radius 2 is 2.13 bits per heavy atom. The highest BCUT2D eigenvalue weighted by molar-refractivity contribution is 5.81. The van der Waals surface area contributed by atoms with Crippen molar-refractivity contribution in [1.82, 2.24) is 10.3 Å². The number of rotatable bonds is 7. The fourth-order valence-corrected chi connectivity index (χ4v) is 1.65. The Morgan fingerprint density at radius 1 is 1.53 bits per heavy atom. The zero-order valence-electron chi connectivity index (χ0n) is 10.1. The second-order valence-corrected chi connectivity index (χ2v) is 3.57. The van der Waals surface area contributed by atoms with Crippen molar-refractivity contribution in [2.24, 2.45) is 5.84 Å². The summed E-state index contributed by atoms with van der Waals surface area (Å²) in [5, 5.41) is 0. The van der Waals surface area contributed by atoms with E-state index in [0.717, 1.165) is 13.0 Å². The van der Waals surface area contributed by atoms with Crippen molar-refractivity contribution in [3.05, 3.63) is 0 Å². The van der Waals surface area contributed by atoms with E-state index in [1.165, 1.54) is 0 Å². The molecular weight excluding hydrogens is 194 g/mol. The molecule has 2 unspecified atom stereocenters. The van der Waals surface area contributed by atoms with Crippen molar-refractivity contribution >= 4 is 5.91 Å². The molecule has 0 aliphatic carbocycles. The third kappa shape index (κ3) is 4.15. The number of amides is 1. The number of ether oxygens (including phenoxy) is 1. The van der Waals surface area contributed by atoms with Crippen molar-refractivity contribution in [2.45, 2.75) is 39.3 Å². The molecule has 0 heterocycles. The van der Waals surface area contributed by atoms with Crippen LogP contribution in [0.15, 0.2) is 0 Å². The molecule has 5 heteroatoms. The van der Waals surface area contributed by atoms with Gasteiger partial charge in [-0.25, -0.2) is 5.84 Å². The number of hydrogen-bond acceptors (Lipinski definition) is 4. The maximum absolute atomic E-state index is 11.6. The summed E-state index contributed by atoms with van der Waals surface area (Å²) in [7, 11) is 1.58. The van der Waals surface area contributed by atoms with E-state index in [0.29, 0.717) is 12.6 Å². The normalized spacial score (nSPS) is 15.1. The molecule has 5 nitrogen and oxygen atoms in total. The van der Waals surface area contributed by atoms with Gasteiger partial charge < -0.3 is 4.74 Å². The molecule has 0 aromatic heterocycles. The van der Waals surface area contributed by atoms with E-state index in [-0.39, 0.29) is 11.9 Å². The van der Waals surface area contributed by atoms with Crippen molar-refractivity contribution < 1.29 is 9.53 Å². The SMILES string of the molecule is CCC(C)N(CC)C(COC)C(=O)NN. The van der Waals surface area contributed by atoms with Crippen LogP contribution >= 0.6 is 0 Å². The fourth-order valence-electron chi connectivity index (χ4n) is 1.65. The lowest BCUT2D eigenvalue weighted by molar-refractivity contribution is -0.129. The minimum atomic E-state index is -0.306. The number of likely N-dealkylation sites (N-methyl/N-ethyl adjacent to an activating group) is 1. The summed E-state index contributed by atoms with van der Waals surface area (Å²) in [6, 6.07) is 0.0346. The number of nitrogens with two attached hydrogens (primary N) is 1. The molecule has 0 fully saturated rings. The van der Waals surface area contributed by atoms with Gasteiger partial charge in [-0.2, -0.15) is 0 Å². The molecule has 15 heavy (non-hydrogen) atoms. The lowest BCUT2D eigenvalue weighted by Gasteiger charge is -2.33. The number of nitrogens with zero attached hydrogens (tertiary/aromatic N) is 1. The second-order valence-electron chi connectivity index (χ2n) is 3.57. The molecule has 2 atom stereocenters. The van der Waals surface area contributed by atoms with Gasteiger partial charge in [-0.3, -0.25) is 15.1 Å². The first-order valence-electron chi connectivity index (χ1n) is 5.37. The van der Waals surface area contributed by atoms with E-state index < -0.39 is 0 Å². The third-order valence-electron chi connectivity index (χ3n) is 2.69. The van der Waals surface area contributed by atoms with E-state index in [4.69, 9.17) is 10.6 Å². The van der Waals surface area contributed by atoms with Gasteiger partial charge in [0.15, 0.2) is 0 Å². The average molecular weight is 217 g/mol. The zero-order chi connectivity index (χ0) is 11.8. The number of hydrogen-bond donors (Lipinski definition) is 2. The average Bonchev–Trinajstić information content (AvgIpc) is 2.27. The Labute approximate surface area is 91.9 Å². The maximum Gasteiger partial charge on any atom is 0.253 e. The summed E-state index contributed by atoms with van der Waals surface area (Å²) < 4.78 is 5.05. The van der Waals surface area contributed by atoms with Crippen LogP contribution in [0.3, 0.4) is 0 Å². The van der Waals surface area contributed by atoms with Crippen LogP contribution in [-0.4, -0.2) is 43.2 Å². The van der Waals surface area contributed by atoms with Gasteiger partial charge >= 0.3 is 0 Å². The smallest absolute Gasteiger partial charge is 0.253 e. The molecule has 0 aromatic carbocycles. The van der Waals surface area contributed by atoms with Crippen LogP contribution in [-0.2, 0) is 9.53 Å². The quantitative estimate of drug-likeness (QED) is 0.361. The van der Waals surface area contributed by atoms with Crippen LogP contribution in [0.1, 0.15) is 27.2 Å². The molecule has 0 bridgehead atoms. The molecule has 3 N–H and O–H groups in total. The molecule has 0 radical (unpaired) electrons. The van der Waals surface area contributed by atoms with E-state index in [1.54, 1.807) is 7.11 Å². The molecule has 0 aliphatic heterocycles. The first kappa shape index (κ1) is 14.3. The van der Waals surface area contributed by atoms with Crippen molar-refractivity contribution in [3.8, 4) is 0 Å². The highest BCUT2D eigenvalue weighted by Crippen LogP contribution is 2.09. The summed E-state index contributed by atoms with van der Waals surface area (Å²) in [6.45, 7) is 7.38. The van der Waals surface area contributed by atoms with Crippen LogP contribution in [0, 0.1) is 0 Å². The monoisotopic (exact) mass is 217 g/mol. The number of nitrogens with one attached hydrogen (secondary N) is 1. The Morgan fingerprint density at radius 3 is 2.47 bits per heavy atom. The standard InChI is InChI=1S/C10H23N3O2/c1-5-8(3)13(6-2)9(7-15-4)10(14)12-11/h8-9H,5-7,11H2,1-4H3,(H,12,14). The number of carbonyl (C=O) groups excluding carboxylic acids is 1. The molecule has 0 saturated heterocycles. The summed E-state index contributed by atoms with van der Waals surface area (Å²) >= 11 is 0. The Kier molecular flexibility index (Phi) is 7.29. The number of methoxy groups -OCH3 is 1. The Hall–Kier alpha value is -0.650. The van der Waals surface area contributed by atoms with Gasteiger partial charge in [0.1, 0.15) is 6.04 Å². The first-order chi connectivity index (χ1) is 7.12. The van der Waals surface area contributed by atoms with Gasteiger partial charge in [-0.15, -0.1) is 0 Å². The summed E-state index contributed by atoms with van der Waals surface area (Å²) in [5.41, 5.74) is 2.18. The van der Waals surface area contributed by atoms with E-state index in [2.05, 4.69) is 24.2 Å². The highest BCUT2D eigenvalue weighted by Gasteiger charge is 2.27. The largest absolute Gasteiger partial charge is 0.383 e. The molecule has 0 aromatic rings. The first-order valence-corrected chi connectivity index (χ1v) is 5.37. The van der Waals surface area contributed by atoms with Gasteiger partial charge in [0.05, 0.1) is 6.61 Å². The highest BCUT2D eigenvalue weighted by atomic mass is 16.5. The van der Waals surface area contributed by atoms with Gasteiger partial charge in [-0.05, 0) is 19.9 Å². The Balaban J connectivity index is 4.60. The molecule has 0 rings (SSSR count). The van der Waals surface area contributed by atoms with Crippen molar-refractivity contribution in [3.63, 3.8) is 0 Å². The summed E-state index contributed by atoms with van der Waals surface area (Å²) in [4.78, 5) is 13.7. The van der Waals surface area contributed by atoms with Gasteiger partial charge in [-0.1, -0.05) is 13.8 Å². The fraction of sp³-hybridized carbons (Fsp3) is 0.900. The second kappa shape index (κ2) is 7.62. The minimum Gasteiger partial charge on any atom is -0.383 e. The van der Waals surface area contributed by atoms with E-state index in [9.17, 15) is 4.79 Å². The number of carbonyl (C=O) groups is 1. The molecule has 90 valence electrons. The van der Waals surface area contributed by atoms with Crippen LogP contribution < -0.4 is 11.3 Å². The minimum absolute atomic E-state index is 0.195. The predicted molar refractivity (Wildman–Crippen MR) is 60.1 cm³/mol. The molecule has 1 amide bonds. The van der Waals surface area contributed by atoms with Crippen molar-refractivity contribution in [1.29, 1.82) is 0 Å². The van der Waals surface area contributed by atoms with Gasteiger partial charge in [0.2, 0.25) is 0 Å². The lowest BCUT2D eigenvalue weighted by atomic mass is 10.1. The molecule has 0 spiro atoms. The summed E-state index contributed by atoms with van der Waals surface area (Å²) in [5.74, 6) is 4.96. The Bertz CT molecular complexity index is 188. The lowest BCUT2D eigenvalue weighted by Crippen LogP contribution is -2.54. The zero-order valence-corrected chi connectivity index (χ0v) is 10.1. The van der Waals surface area contributed by atoms with Gasteiger partial charge in [0, 0.05) is 13.2 Å². The number of hydrazine groups is 1. The summed E-state index contributed by atoms with van der Waals surface area (Å²) in [6.07, 6.45) is 0.992.